The van der Waals surface area contributed by atoms with E-state index in [2.05, 4.69) is 4.74 Å². The number of carbonyl (C=O) groups excluding carboxylic acids is 1. The van der Waals surface area contributed by atoms with Crippen LogP contribution in [0.25, 0.3) is 5.57 Å². The van der Waals surface area contributed by atoms with Gasteiger partial charge in [-0.1, -0.05) is 6.07 Å². The van der Waals surface area contributed by atoms with E-state index in [4.69, 9.17) is 0 Å². The molecule has 2 heterocycles. The third-order valence-electron chi connectivity index (χ3n) is 1.60. The Morgan fingerprint density at radius 1 is 1.58 bits per heavy atom. The van der Waals surface area contributed by atoms with Crippen molar-refractivity contribution in [1.82, 2.24) is 0 Å². The molecule has 0 radical (unpaired) electrons. The van der Waals surface area contributed by atoms with Crippen LogP contribution in [0.5, 0.6) is 0 Å². The highest BCUT2D eigenvalue weighted by atomic mass is 32.1. The Bertz CT molecular complexity index is 337. The van der Waals surface area contributed by atoms with Crippen LogP contribution in [0.1, 0.15) is 4.88 Å². The van der Waals surface area contributed by atoms with Gasteiger partial charge < -0.3 is 9.84 Å². The summed E-state index contributed by atoms with van der Waals surface area (Å²) in [7, 11) is 0. The van der Waals surface area contributed by atoms with E-state index >= 15 is 0 Å². The molecule has 62 valence electrons. The van der Waals surface area contributed by atoms with Gasteiger partial charge in [0.05, 0.1) is 0 Å². The molecule has 1 aromatic rings. The van der Waals surface area contributed by atoms with E-state index in [9.17, 15) is 9.90 Å². The maximum absolute atomic E-state index is 11.0. The molecule has 3 nitrogen and oxygen atoms in total. The quantitative estimate of drug-likeness (QED) is 0.670. The average Bonchev–Trinajstić information content (AvgIpc) is 2.61. The van der Waals surface area contributed by atoms with E-state index in [1.165, 1.54) is 11.3 Å². The molecule has 0 aromatic carbocycles. The number of thiophene rings is 1. The summed E-state index contributed by atoms with van der Waals surface area (Å²) in [4.78, 5) is 11.8. The van der Waals surface area contributed by atoms with Crippen LogP contribution in [-0.4, -0.2) is 17.7 Å². The summed E-state index contributed by atoms with van der Waals surface area (Å²) >= 11 is 1.41. The minimum absolute atomic E-state index is 0.00602. The van der Waals surface area contributed by atoms with Crippen LogP contribution in [0.15, 0.2) is 23.3 Å². The van der Waals surface area contributed by atoms with Crippen LogP contribution in [0, 0.1) is 0 Å². The average molecular weight is 182 g/mol. The molecule has 12 heavy (non-hydrogen) atoms. The van der Waals surface area contributed by atoms with Crippen molar-refractivity contribution in [3.05, 3.63) is 28.1 Å². The number of hydrogen-bond acceptors (Lipinski definition) is 4. The molecular formula is C8H6O3S. The molecule has 0 spiro atoms. The first kappa shape index (κ1) is 7.36. The molecule has 0 amide bonds. The number of rotatable bonds is 1. The predicted octanol–water partition coefficient (Wildman–Crippen LogP) is 1.57. The number of hydrogen-bond donors (Lipinski definition) is 1. The third-order valence-corrected chi connectivity index (χ3v) is 2.49. The summed E-state index contributed by atoms with van der Waals surface area (Å²) < 4.78 is 4.65. The second kappa shape index (κ2) is 2.64. The van der Waals surface area contributed by atoms with Crippen LogP contribution in [0.2, 0.25) is 0 Å². The molecule has 0 aliphatic carbocycles. The normalized spacial score (nSPS) is 16.8. The van der Waals surface area contributed by atoms with Gasteiger partial charge in [-0.2, -0.15) is 0 Å². The van der Waals surface area contributed by atoms with Gasteiger partial charge >= 0.3 is 5.97 Å². The molecule has 1 aliphatic heterocycles. The molecule has 1 aliphatic rings. The lowest BCUT2D eigenvalue weighted by Crippen LogP contribution is -1.96. The molecule has 0 unspecified atom stereocenters. The van der Waals surface area contributed by atoms with Gasteiger partial charge in [0, 0.05) is 4.88 Å². The molecule has 0 bridgehead atoms. The van der Waals surface area contributed by atoms with E-state index in [0.29, 0.717) is 5.57 Å². The topological polar surface area (TPSA) is 46.5 Å². The zero-order valence-corrected chi connectivity index (χ0v) is 6.93. The molecule has 1 aromatic heterocycles. The molecule has 0 saturated carbocycles. The number of aliphatic hydroxyl groups is 1. The Hall–Kier alpha value is -1.29. The Balaban J connectivity index is 2.47. The van der Waals surface area contributed by atoms with Gasteiger partial charge in [-0.3, -0.25) is 0 Å². The van der Waals surface area contributed by atoms with Gasteiger partial charge in [-0.05, 0) is 11.4 Å². The fraction of sp³-hybridized carbons (Fsp3) is 0.125. The largest absolute Gasteiger partial charge is 0.508 e. The highest BCUT2D eigenvalue weighted by Gasteiger charge is 2.26. The van der Waals surface area contributed by atoms with Crippen molar-refractivity contribution < 1.29 is 14.6 Å². The van der Waals surface area contributed by atoms with E-state index in [1.807, 2.05) is 11.4 Å². The molecule has 4 heteroatoms. The van der Waals surface area contributed by atoms with Crippen molar-refractivity contribution in [1.29, 1.82) is 0 Å². The first-order valence-electron chi connectivity index (χ1n) is 3.42. The van der Waals surface area contributed by atoms with Crippen molar-refractivity contribution in [2.24, 2.45) is 0 Å². The van der Waals surface area contributed by atoms with E-state index in [1.54, 1.807) is 6.07 Å². The summed E-state index contributed by atoms with van der Waals surface area (Å²) in [6.07, 6.45) is 0. The minimum atomic E-state index is -0.435. The molecule has 2 rings (SSSR count). The van der Waals surface area contributed by atoms with Crippen molar-refractivity contribution in [3.63, 3.8) is 0 Å². The summed E-state index contributed by atoms with van der Waals surface area (Å²) in [5.41, 5.74) is 0.310. The Labute approximate surface area is 72.9 Å². The standard InChI is InChI=1S/C8H6O3S/c9-5-4-11-8(10)7(5)6-2-1-3-12-6/h1-3,9H,4H2. The molecule has 0 saturated heterocycles. The SMILES string of the molecule is O=C1OCC(O)=C1c1cccs1. The zero-order chi connectivity index (χ0) is 8.55. The number of aliphatic hydroxyl groups excluding tert-OH is 1. The van der Waals surface area contributed by atoms with Crippen LogP contribution >= 0.6 is 11.3 Å². The molecule has 0 fully saturated rings. The molecule has 1 N–H and O–H groups in total. The first-order chi connectivity index (χ1) is 5.79. The van der Waals surface area contributed by atoms with Crippen LogP contribution in [0.4, 0.5) is 0 Å². The maximum Gasteiger partial charge on any atom is 0.343 e. The van der Waals surface area contributed by atoms with Crippen molar-refractivity contribution in [2.75, 3.05) is 6.61 Å². The molecule has 0 atom stereocenters. The predicted molar refractivity (Wildman–Crippen MR) is 44.8 cm³/mol. The van der Waals surface area contributed by atoms with E-state index in [-0.39, 0.29) is 12.4 Å². The van der Waals surface area contributed by atoms with Gasteiger partial charge in [0.2, 0.25) is 0 Å². The van der Waals surface area contributed by atoms with Gasteiger partial charge in [-0.15, -0.1) is 11.3 Å². The monoisotopic (exact) mass is 182 g/mol. The van der Waals surface area contributed by atoms with E-state index < -0.39 is 5.97 Å². The summed E-state index contributed by atoms with van der Waals surface area (Å²) in [6.45, 7) is 0.00602. The second-order valence-electron chi connectivity index (χ2n) is 2.38. The van der Waals surface area contributed by atoms with Crippen LogP contribution in [-0.2, 0) is 9.53 Å². The number of esters is 1. The number of cyclic esters (lactones) is 1. The molecular weight excluding hydrogens is 176 g/mol. The Morgan fingerprint density at radius 3 is 2.92 bits per heavy atom. The maximum atomic E-state index is 11.0. The number of carbonyl (C=O) groups is 1. The summed E-state index contributed by atoms with van der Waals surface area (Å²) in [5, 5.41) is 11.1. The third kappa shape index (κ3) is 1.00. The lowest BCUT2D eigenvalue weighted by atomic mass is 10.2. The minimum Gasteiger partial charge on any atom is -0.508 e. The van der Waals surface area contributed by atoms with Crippen molar-refractivity contribution in [2.45, 2.75) is 0 Å². The fourth-order valence-electron chi connectivity index (χ4n) is 1.06. The fourth-order valence-corrected chi connectivity index (χ4v) is 1.84. The number of ether oxygens (including phenoxy) is 1. The lowest BCUT2D eigenvalue weighted by molar-refractivity contribution is -0.134. The van der Waals surface area contributed by atoms with Gasteiger partial charge in [0.1, 0.15) is 17.9 Å². The highest BCUT2D eigenvalue weighted by Crippen LogP contribution is 2.27. The van der Waals surface area contributed by atoms with Crippen molar-refractivity contribution in [3.8, 4) is 0 Å². The summed E-state index contributed by atoms with van der Waals surface area (Å²) in [5.74, 6) is -0.405. The smallest absolute Gasteiger partial charge is 0.343 e. The second-order valence-corrected chi connectivity index (χ2v) is 3.32. The first-order valence-corrected chi connectivity index (χ1v) is 4.30. The zero-order valence-electron chi connectivity index (χ0n) is 6.11. The van der Waals surface area contributed by atoms with Gasteiger partial charge in [0.15, 0.2) is 0 Å². The van der Waals surface area contributed by atoms with E-state index in [0.717, 1.165) is 4.88 Å². The van der Waals surface area contributed by atoms with Crippen LogP contribution < -0.4 is 0 Å². The lowest BCUT2D eigenvalue weighted by Gasteiger charge is -1.92. The van der Waals surface area contributed by atoms with Crippen LogP contribution in [0.3, 0.4) is 0 Å². The summed E-state index contributed by atoms with van der Waals surface area (Å²) in [6, 6.07) is 3.61. The Kier molecular flexibility index (Phi) is 1.62. The Morgan fingerprint density at radius 2 is 2.42 bits per heavy atom. The highest BCUT2D eigenvalue weighted by molar-refractivity contribution is 7.11. The van der Waals surface area contributed by atoms with Gasteiger partial charge in [-0.25, -0.2) is 4.79 Å². The van der Waals surface area contributed by atoms with Crippen molar-refractivity contribution >= 4 is 22.9 Å². The van der Waals surface area contributed by atoms with Gasteiger partial charge in [0.25, 0.3) is 0 Å².